The van der Waals surface area contributed by atoms with Crippen LogP contribution < -0.4 is 4.90 Å². The topological polar surface area (TPSA) is 37.4 Å². The standard InChI is InChI=1S/C30H20BrNO2/c31-30-22-15-7-4-13-20(22)25(21-14-5-8-16-23(21)30)26-27(30)29(34)32(28(26)33)24-17-9-6-12-19(24)18-10-2-1-3-11-18/h1-17,25-27H/t25?,26-,27-,30?/m1/s1. The fourth-order valence-electron chi connectivity index (χ4n) is 6.45. The molecule has 34 heavy (non-hydrogen) atoms. The van der Waals surface area contributed by atoms with Crippen molar-refractivity contribution >= 4 is 33.4 Å². The molecule has 1 fully saturated rings. The van der Waals surface area contributed by atoms with E-state index in [1.54, 1.807) is 0 Å². The lowest BCUT2D eigenvalue weighted by atomic mass is 9.55. The maximum atomic E-state index is 14.2. The fourth-order valence-corrected chi connectivity index (χ4v) is 7.65. The third kappa shape index (κ3) is 2.36. The number of imide groups is 1. The molecule has 3 aliphatic carbocycles. The van der Waals surface area contributed by atoms with Crippen molar-refractivity contribution in [2.75, 3.05) is 4.90 Å². The highest BCUT2D eigenvalue weighted by Crippen LogP contribution is 2.66. The number of alkyl halides is 1. The molecule has 2 atom stereocenters. The lowest BCUT2D eigenvalue weighted by molar-refractivity contribution is -0.122. The number of amides is 2. The van der Waals surface area contributed by atoms with Crippen molar-refractivity contribution in [2.24, 2.45) is 11.8 Å². The quantitative estimate of drug-likeness (QED) is 0.238. The van der Waals surface area contributed by atoms with E-state index in [0.717, 1.165) is 33.4 Å². The molecule has 1 heterocycles. The Hall–Kier alpha value is -3.50. The molecular formula is C30H20BrNO2. The number of hydrogen-bond donors (Lipinski definition) is 0. The van der Waals surface area contributed by atoms with E-state index in [9.17, 15) is 9.59 Å². The lowest BCUT2D eigenvalue weighted by Crippen LogP contribution is -2.50. The van der Waals surface area contributed by atoms with Crippen molar-refractivity contribution in [3.63, 3.8) is 0 Å². The van der Waals surface area contributed by atoms with Crippen LogP contribution in [0.2, 0.25) is 0 Å². The summed E-state index contributed by atoms with van der Waals surface area (Å²) >= 11 is 4.07. The zero-order chi connectivity index (χ0) is 23.0. The van der Waals surface area contributed by atoms with Crippen molar-refractivity contribution in [3.05, 3.63) is 125 Å². The van der Waals surface area contributed by atoms with Crippen LogP contribution in [0.5, 0.6) is 0 Å². The largest absolute Gasteiger partial charge is 0.274 e. The maximum absolute atomic E-state index is 14.2. The zero-order valence-electron chi connectivity index (χ0n) is 18.2. The molecule has 0 radical (unpaired) electrons. The zero-order valence-corrected chi connectivity index (χ0v) is 19.8. The Morgan fingerprint density at radius 2 is 1.21 bits per heavy atom. The van der Waals surface area contributed by atoms with Gasteiger partial charge in [0.15, 0.2) is 0 Å². The van der Waals surface area contributed by atoms with Crippen LogP contribution in [0.1, 0.15) is 28.2 Å². The molecule has 0 aromatic heterocycles. The fraction of sp³-hybridized carbons (Fsp3) is 0.133. The minimum absolute atomic E-state index is 0.115. The number of benzene rings is 4. The van der Waals surface area contributed by atoms with E-state index < -0.39 is 16.2 Å². The number of halogens is 1. The van der Waals surface area contributed by atoms with Crippen LogP contribution >= 0.6 is 15.9 Å². The molecule has 0 N–H and O–H groups in total. The Morgan fingerprint density at radius 1 is 0.647 bits per heavy atom. The lowest BCUT2D eigenvalue weighted by Gasteiger charge is -2.51. The van der Waals surface area contributed by atoms with E-state index in [1.807, 2.05) is 78.9 Å². The highest BCUT2D eigenvalue weighted by molar-refractivity contribution is 9.09. The van der Waals surface area contributed by atoms with Gasteiger partial charge in [-0.25, -0.2) is 4.90 Å². The summed E-state index contributed by atoms with van der Waals surface area (Å²) in [4.78, 5) is 29.9. The second kappa shape index (κ2) is 7.00. The predicted octanol–water partition coefficient (Wildman–Crippen LogP) is 6.26. The van der Waals surface area contributed by atoms with Crippen LogP contribution in [0.25, 0.3) is 11.1 Å². The smallest absolute Gasteiger partial charge is 0.239 e. The first kappa shape index (κ1) is 19.9. The molecule has 0 unspecified atom stereocenters. The summed E-state index contributed by atoms with van der Waals surface area (Å²) in [6, 6.07) is 34.2. The first-order valence-electron chi connectivity index (χ1n) is 11.5. The van der Waals surface area contributed by atoms with E-state index in [2.05, 4.69) is 40.2 Å². The summed E-state index contributed by atoms with van der Waals surface area (Å²) in [5, 5.41) is 0. The Labute approximate surface area is 206 Å². The maximum Gasteiger partial charge on any atom is 0.239 e. The Bertz CT molecular complexity index is 1450. The van der Waals surface area contributed by atoms with Crippen molar-refractivity contribution < 1.29 is 9.59 Å². The molecule has 4 aromatic rings. The Balaban J connectivity index is 1.46. The van der Waals surface area contributed by atoms with Crippen LogP contribution in [0.4, 0.5) is 5.69 Å². The van der Waals surface area contributed by atoms with Gasteiger partial charge >= 0.3 is 0 Å². The number of hydrogen-bond acceptors (Lipinski definition) is 2. The van der Waals surface area contributed by atoms with E-state index >= 15 is 0 Å². The van der Waals surface area contributed by atoms with Crippen LogP contribution in [-0.2, 0) is 13.9 Å². The van der Waals surface area contributed by atoms with E-state index in [-0.39, 0.29) is 17.7 Å². The van der Waals surface area contributed by atoms with Gasteiger partial charge in [-0.15, -0.1) is 0 Å². The van der Waals surface area contributed by atoms with Crippen LogP contribution in [-0.4, -0.2) is 11.8 Å². The number of carbonyl (C=O) groups is 2. The molecule has 8 rings (SSSR count). The molecule has 164 valence electrons. The van der Waals surface area contributed by atoms with E-state index in [1.165, 1.54) is 4.90 Å². The summed E-state index contributed by atoms with van der Waals surface area (Å²) < 4.78 is -0.733. The highest BCUT2D eigenvalue weighted by Gasteiger charge is 2.67. The monoisotopic (exact) mass is 505 g/mol. The average Bonchev–Trinajstić information content (AvgIpc) is 3.16. The SMILES string of the molecule is O=C1[C@@H]2C3c4ccccc4C(Br)(c4ccccc43)[C@H]2C(=O)N1c1ccccc1-c1ccccc1. The third-order valence-electron chi connectivity index (χ3n) is 7.74. The summed E-state index contributed by atoms with van der Waals surface area (Å²) in [6.07, 6.45) is 0. The molecule has 4 aliphatic rings. The number of carbonyl (C=O) groups excluding carboxylic acids is 2. The predicted molar refractivity (Wildman–Crippen MR) is 136 cm³/mol. The van der Waals surface area contributed by atoms with Gasteiger partial charge in [0.1, 0.15) is 0 Å². The van der Waals surface area contributed by atoms with Crippen molar-refractivity contribution in [3.8, 4) is 11.1 Å². The summed E-state index contributed by atoms with van der Waals surface area (Å²) in [5.74, 6) is -1.33. The molecule has 4 heteroatoms. The van der Waals surface area contributed by atoms with Crippen LogP contribution in [0.3, 0.4) is 0 Å². The second-order valence-corrected chi connectivity index (χ2v) is 10.5. The number of nitrogens with zero attached hydrogens (tertiary/aromatic N) is 1. The highest BCUT2D eigenvalue weighted by atomic mass is 79.9. The van der Waals surface area contributed by atoms with Crippen LogP contribution in [0, 0.1) is 11.8 Å². The molecule has 0 spiro atoms. The summed E-state index contributed by atoms with van der Waals surface area (Å²) in [6.45, 7) is 0. The van der Waals surface area contributed by atoms with Crippen molar-refractivity contribution in [2.45, 2.75) is 10.2 Å². The molecule has 2 bridgehead atoms. The molecule has 0 saturated carbocycles. The van der Waals surface area contributed by atoms with E-state index in [0.29, 0.717) is 5.69 Å². The summed E-state index contributed by atoms with van der Waals surface area (Å²) in [7, 11) is 0. The van der Waals surface area contributed by atoms with E-state index in [4.69, 9.17) is 0 Å². The third-order valence-corrected chi connectivity index (χ3v) is 9.09. The average molecular weight is 506 g/mol. The summed E-state index contributed by atoms with van der Waals surface area (Å²) in [5.41, 5.74) is 6.99. The first-order chi connectivity index (χ1) is 16.6. The minimum Gasteiger partial charge on any atom is -0.274 e. The van der Waals surface area contributed by atoms with Gasteiger partial charge < -0.3 is 0 Å². The van der Waals surface area contributed by atoms with Gasteiger partial charge in [0.05, 0.1) is 21.8 Å². The van der Waals surface area contributed by atoms with Gasteiger partial charge in [-0.2, -0.15) is 0 Å². The van der Waals surface area contributed by atoms with Crippen molar-refractivity contribution in [1.82, 2.24) is 0 Å². The van der Waals surface area contributed by atoms with Gasteiger partial charge in [0.25, 0.3) is 0 Å². The first-order valence-corrected chi connectivity index (χ1v) is 12.3. The molecule has 4 aromatic carbocycles. The number of anilines is 1. The minimum atomic E-state index is -0.733. The van der Waals surface area contributed by atoms with Gasteiger partial charge in [0, 0.05) is 11.5 Å². The second-order valence-electron chi connectivity index (χ2n) is 9.26. The Kier molecular flexibility index (Phi) is 4.10. The Morgan fingerprint density at radius 3 is 1.88 bits per heavy atom. The number of para-hydroxylation sites is 1. The molecule has 1 saturated heterocycles. The number of rotatable bonds is 2. The van der Waals surface area contributed by atoms with Gasteiger partial charge in [-0.1, -0.05) is 113 Å². The van der Waals surface area contributed by atoms with Gasteiger partial charge in [-0.05, 0) is 33.9 Å². The molecule has 1 aliphatic heterocycles. The van der Waals surface area contributed by atoms with Gasteiger partial charge in [-0.3, -0.25) is 9.59 Å². The normalized spacial score (nSPS) is 26.3. The molecular weight excluding hydrogens is 486 g/mol. The van der Waals surface area contributed by atoms with Crippen molar-refractivity contribution in [1.29, 1.82) is 0 Å². The van der Waals surface area contributed by atoms with Crippen LogP contribution in [0.15, 0.2) is 103 Å². The molecule has 2 amide bonds. The van der Waals surface area contributed by atoms with Gasteiger partial charge in [0.2, 0.25) is 11.8 Å². The molecule has 3 nitrogen and oxygen atoms in total.